The Kier molecular flexibility index (Phi) is 8.29. The summed E-state index contributed by atoms with van der Waals surface area (Å²) in [5, 5.41) is 3.71. The zero-order chi connectivity index (χ0) is 25.5. The van der Waals surface area contributed by atoms with Gasteiger partial charge in [0.25, 0.3) is 0 Å². The molecule has 37 heavy (non-hydrogen) atoms. The molecule has 1 aliphatic carbocycles. The lowest BCUT2D eigenvalue weighted by Gasteiger charge is -2.27. The molecule has 4 nitrogen and oxygen atoms in total. The van der Waals surface area contributed by atoms with Gasteiger partial charge in [0.2, 0.25) is 0 Å². The number of hydrogen-bond donors (Lipinski definition) is 1. The van der Waals surface area contributed by atoms with Gasteiger partial charge in [0.05, 0.1) is 18.8 Å². The van der Waals surface area contributed by atoms with Crippen LogP contribution in [0.1, 0.15) is 72.4 Å². The molecular weight excluding hydrogens is 456 g/mol. The number of pyridine rings is 1. The fourth-order valence-electron chi connectivity index (χ4n) is 4.87. The third-order valence-corrected chi connectivity index (χ3v) is 7.03. The van der Waals surface area contributed by atoms with Crippen molar-refractivity contribution in [3.05, 3.63) is 131 Å². The fraction of sp³-hybridized carbons (Fsp3) is 0.303. The second-order valence-electron chi connectivity index (χ2n) is 9.78. The zero-order valence-corrected chi connectivity index (χ0v) is 21.7. The molecule has 0 aliphatic heterocycles. The summed E-state index contributed by atoms with van der Waals surface area (Å²) >= 11 is 0. The van der Waals surface area contributed by atoms with Crippen molar-refractivity contribution in [2.24, 2.45) is 5.92 Å². The minimum atomic E-state index is -0.291. The molecule has 1 saturated carbocycles. The number of nitrogens with one attached hydrogen (secondary N) is 1. The van der Waals surface area contributed by atoms with Crippen LogP contribution in [0.2, 0.25) is 0 Å². The van der Waals surface area contributed by atoms with Crippen LogP contribution in [0.15, 0.2) is 103 Å². The summed E-state index contributed by atoms with van der Waals surface area (Å²) in [5.74, 6) is 1.52. The summed E-state index contributed by atoms with van der Waals surface area (Å²) in [7, 11) is 1.69. The van der Waals surface area contributed by atoms with Gasteiger partial charge in [-0.2, -0.15) is 0 Å². The van der Waals surface area contributed by atoms with E-state index in [9.17, 15) is 0 Å². The van der Waals surface area contributed by atoms with Crippen LogP contribution in [-0.4, -0.2) is 18.6 Å². The van der Waals surface area contributed by atoms with Crippen molar-refractivity contribution in [3.8, 4) is 5.75 Å². The Balaban J connectivity index is 1.50. The molecule has 0 amide bonds. The summed E-state index contributed by atoms with van der Waals surface area (Å²) in [5.41, 5.74) is 5.46. The smallest absolute Gasteiger partial charge is 0.118 e. The monoisotopic (exact) mass is 492 g/mol. The van der Waals surface area contributed by atoms with Gasteiger partial charge in [0, 0.05) is 11.8 Å². The third kappa shape index (κ3) is 6.27. The lowest BCUT2D eigenvalue weighted by atomic mass is 9.98. The summed E-state index contributed by atoms with van der Waals surface area (Å²) in [6.07, 6.45) is 5.16. The first-order valence-corrected chi connectivity index (χ1v) is 13.4. The molecule has 190 valence electrons. The Morgan fingerprint density at radius 2 is 1.32 bits per heavy atom. The minimum Gasteiger partial charge on any atom is -0.497 e. The van der Waals surface area contributed by atoms with Crippen molar-refractivity contribution < 1.29 is 9.47 Å². The van der Waals surface area contributed by atoms with Gasteiger partial charge in [-0.3, -0.25) is 4.98 Å². The standard InChI is InChI=1S/C33H36N2O2/c1-3-22-34-31(24-14-15-24)30-21-18-28(23-35-30)33(27-16-19-29(36-2)20-17-27)37-32(25-10-6-4-7-11-25)26-12-8-5-9-13-26/h4-13,16-21,23-24,31-34H,3,14-15,22H2,1-2H3. The van der Waals surface area contributed by atoms with Gasteiger partial charge in [-0.1, -0.05) is 85.8 Å². The average molecular weight is 493 g/mol. The largest absolute Gasteiger partial charge is 0.497 e. The predicted octanol–water partition coefficient (Wildman–Crippen LogP) is 7.44. The summed E-state index contributed by atoms with van der Waals surface area (Å²) in [6, 6.07) is 33.7. The number of ether oxygens (including phenoxy) is 2. The second-order valence-corrected chi connectivity index (χ2v) is 9.78. The Morgan fingerprint density at radius 1 is 0.757 bits per heavy atom. The van der Waals surface area contributed by atoms with E-state index in [1.165, 1.54) is 12.8 Å². The molecule has 5 rings (SSSR count). The van der Waals surface area contributed by atoms with Crippen LogP contribution in [0.3, 0.4) is 0 Å². The van der Waals surface area contributed by atoms with Crippen LogP contribution in [0.4, 0.5) is 0 Å². The number of nitrogens with zero attached hydrogens (tertiary/aromatic N) is 1. The van der Waals surface area contributed by atoms with Crippen LogP contribution in [-0.2, 0) is 4.74 Å². The van der Waals surface area contributed by atoms with Crippen molar-refractivity contribution in [1.82, 2.24) is 10.3 Å². The first-order valence-electron chi connectivity index (χ1n) is 13.4. The average Bonchev–Trinajstić information content (AvgIpc) is 3.81. The molecule has 1 aliphatic rings. The molecule has 4 heteroatoms. The number of aromatic nitrogens is 1. The topological polar surface area (TPSA) is 43.4 Å². The lowest BCUT2D eigenvalue weighted by molar-refractivity contribution is 0.0306. The highest BCUT2D eigenvalue weighted by molar-refractivity contribution is 5.36. The Hall–Kier alpha value is -3.47. The van der Waals surface area contributed by atoms with Crippen molar-refractivity contribution in [3.63, 3.8) is 0 Å². The summed E-state index contributed by atoms with van der Waals surface area (Å²) < 4.78 is 12.4. The molecule has 3 aromatic carbocycles. The molecule has 0 bridgehead atoms. The predicted molar refractivity (Wildman–Crippen MR) is 149 cm³/mol. The van der Waals surface area contributed by atoms with Gasteiger partial charge in [0.15, 0.2) is 0 Å². The fourth-order valence-corrected chi connectivity index (χ4v) is 4.87. The summed E-state index contributed by atoms with van der Waals surface area (Å²) in [6.45, 7) is 3.22. The van der Waals surface area contributed by atoms with Gasteiger partial charge in [-0.05, 0) is 66.6 Å². The number of benzene rings is 3. The van der Waals surface area contributed by atoms with Gasteiger partial charge >= 0.3 is 0 Å². The number of methoxy groups -OCH3 is 1. The van der Waals surface area contributed by atoms with E-state index in [1.807, 2.05) is 30.5 Å². The van der Waals surface area contributed by atoms with Crippen molar-refractivity contribution in [2.75, 3.05) is 13.7 Å². The molecule has 1 heterocycles. The van der Waals surface area contributed by atoms with Gasteiger partial charge in [-0.15, -0.1) is 0 Å². The molecule has 0 radical (unpaired) electrons. The molecule has 0 spiro atoms. The molecule has 1 aromatic heterocycles. The molecule has 0 saturated heterocycles. The van der Waals surface area contributed by atoms with E-state index in [4.69, 9.17) is 14.5 Å². The van der Waals surface area contributed by atoms with E-state index in [0.717, 1.165) is 46.7 Å². The van der Waals surface area contributed by atoms with E-state index >= 15 is 0 Å². The quantitative estimate of drug-likeness (QED) is 0.223. The maximum absolute atomic E-state index is 7.00. The van der Waals surface area contributed by atoms with E-state index in [2.05, 4.69) is 85.0 Å². The molecule has 2 atom stereocenters. The van der Waals surface area contributed by atoms with Crippen LogP contribution < -0.4 is 10.1 Å². The molecule has 4 aromatic rings. The first-order chi connectivity index (χ1) is 18.3. The first kappa shape index (κ1) is 25.2. The Bertz CT molecular complexity index is 1180. The zero-order valence-electron chi connectivity index (χ0n) is 21.7. The Labute approximate surface area is 220 Å². The van der Waals surface area contributed by atoms with Crippen LogP contribution in [0.5, 0.6) is 5.75 Å². The summed E-state index contributed by atoms with van der Waals surface area (Å²) in [4.78, 5) is 4.96. The number of hydrogen-bond acceptors (Lipinski definition) is 4. The lowest BCUT2D eigenvalue weighted by Crippen LogP contribution is -2.24. The highest BCUT2D eigenvalue weighted by Gasteiger charge is 2.33. The molecule has 1 N–H and O–H groups in total. The van der Waals surface area contributed by atoms with Crippen LogP contribution >= 0.6 is 0 Å². The van der Waals surface area contributed by atoms with Crippen LogP contribution in [0, 0.1) is 5.92 Å². The molecular formula is C33H36N2O2. The second kappa shape index (κ2) is 12.2. The molecule has 2 unspecified atom stereocenters. The Morgan fingerprint density at radius 3 is 1.84 bits per heavy atom. The maximum Gasteiger partial charge on any atom is 0.118 e. The van der Waals surface area contributed by atoms with Gasteiger partial charge in [-0.25, -0.2) is 0 Å². The van der Waals surface area contributed by atoms with Gasteiger partial charge in [0.1, 0.15) is 18.0 Å². The minimum absolute atomic E-state index is 0.223. The van der Waals surface area contributed by atoms with E-state index < -0.39 is 0 Å². The normalized spacial score (nSPS) is 14.9. The van der Waals surface area contributed by atoms with Crippen molar-refractivity contribution in [1.29, 1.82) is 0 Å². The molecule has 1 fully saturated rings. The van der Waals surface area contributed by atoms with Crippen molar-refractivity contribution >= 4 is 0 Å². The highest BCUT2D eigenvalue weighted by Crippen LogP contribution is 2.41. The SMILES string of the molecule is CCCNC(c1ccc(C(OC(c2ccccc2)c2ccccc2)c2ccc(OC)cc2)cn1)C1CC1. The third-order valence-electron chi connectivity index (χ3n) is 7.03. The van der Waals surface area contributed by atoms with E-state index in [-0.39, 0.29) is 12.2 Å². The maximum atomic E-state index is 7.00. The van der Waals surface area contributed by atoms with Crippen molar-refractivity contribution in [2.45, 2.75) is 44.4 Å². The van der Waals surface area contributed by atoms with E-state index in [1.54, 1.807) is 7.11 Å². The van der Waals surface area contributed by atoms with Crippen LogP contribution in [0.25, 0.3) is 0 Å². The van der Waals surface area contributed by atoms with Gasteiger partial charge < -0.3 is 14.8 Å². The van der Waals surface area contributed by atoms with E-state index in [0.29, 0.717) is 12.0 Å². The number of rotatable bonds is 12. The highest BCUT2D eigenvalue weighted by atomic mass is 16.5.